The van der Waals surface area contributed by atoms with Gasteiger partial charge >= 0.3 is 0 Å². The van der Waals surface area contributed by atoms with Gasteiger partial charge in [0.25, 0.3) is 0 Å². The molecule has 0 amide bonds. The summed E-state index contributed by atoms with van der Waals surface area (Å²) in [5.74, 6) is 0. The van der Waals surface area contributed by atoms with E-state index in [9.17, 15) is 0 Å². The molecule has 5 N–H and O–H groups in total. The molecule has 0 spiro atoms. The Morgan fingerprint density at radius 2 is 1.31 bits per heavy atom. The molecule has 0 aliphatic heterocycles. The van der Waals surface area contributed by atoms with E-state index in [1.807, 2.05) is 32.3 Å². The number of para-hydroxylation sites is 2. The zero-order chi connectivity index (χ0) is 40.4. The Bertz CT molecular complexity index is 2470. The fourth-order valence-electron chi connectivity index (χ4n) is 8.05. The summed E-state index contributed by atoms with van der Waals surface area (Å²) in [6.07, 6.45) is 12.6. The van der Waals surface area contributed by atoms with Crippen LogP contribution >= 0.6 is 0 Å². The van der Waals surface area contributed by atoms with E-state index in [0.717, 1.165) is 93.4 Å². The first-order valence-corrected chi connectivity index (χ1v) is 20.9. The summed E-state index contributed by atoms with van der Waals surface area (Å²) in [5, 5.41) is 17.7. The topological polar surface area (TPSA) is 89.3 Å². The minimum atomic E-state index is 0.808. The van der Waals surface area contributed by atoms with Crippen molar-refractivity contribution in [1.82, 2.24) is 10.3 Å². The fourth-order valence-corrected chi connectivity index (χ4v) is 8.05. The number of unbranched alkanes of at least 4 members (excludes halogenated alkanes) is 5. The largest absolute Gasteiger partial charge is 0.388 e. The maximum absolute atomic E-state index is 5.13. The molecule has 0 bridgehead atoms. The number of fused-ring (bicyclic) bond motifs is 2. The highest BCUT2D eigenvalue weighted by Crippen LogP contribution is 2.37. The molecule has 8 nitrogen and oxygen atoms in total. The van der Waals surface area contributed by atoms with Gasteiger partial charge in [-0.15, -0.1) is 4.57 Å². The van der Waals surface area contributed by atoms with Gasteiger partial charge in [0.1, 0.15) is 11.0 Å². The number of aromatic nitrogens is 2. The second-order valence-electron chi connectivity index (χ2n) is 15.4. The molecular weight excluding hydrogens is 713 g/mol. The van der Waals surface area contributed by atoms with Crippen molar-refractivity contribution >= 4 is 61.9 Å². The Kier molecular flexibility index (Phi) is 13.0. The van der Waals surface area contributed by atoms with Gasteiger partial charge in [-0.05, 0) is 106 Å². The van der Waals surface area contributed by atoms with Gasteiger partial charge in [0.2, 0.25) is 16.7 Å². The quantitative estimate of drug-likeness (QED) is 0.0360. The number of aryl methyl sites for hydroxylation is 2. The zero-order valence-corrected chi connectivity index (χ0v) is 35.1. The van der Waals surface area contributed by atoms with E-state index < -0.39 is 0 Å². The van der Waals surface area contributed by atoms with Crippen molar-refractivity contribution in [1.29, 1.82) is 0 Å². The lowest BCUT2D eigenvalue weighted by Gasteiger charge is -2.18. The van der Waals surface area contributed by atoms with Crippen LogP contribution in [0.1, 0.15) is 68.6 Å². The van der Waals surface area contributed by atoms with Crippen molar-refractivity contribution in [2.75, 3.05) is 48.5 Å². The average Bonchev–Trinajstić information content (AvgIpc) is 3.24. The molecule has 0 unspecified atom stereocenters. The third-order valence-corrected chi connectivity index (χ3v) is 11.3. The molecule has 6 aromatic rings. The molecule has 0 saturated carbocycles. The first-order valence-electron chi connectivity index (χ1n) is 20.9. The molecule has 0 atom stereocenters. The molecule has 1 aromatic heterocycles. The lowest BCUT2D eigenvalue weighted by molar-refractivity contribution is -0.538. The molecule has 1 aliphatic rings. The molecule has 8 heteroatoms. The van der Waals surface area contributed by atoms with Crippen LogP contribution in [-0.4, -0.2) is 37.9 Å². The number of hydrogen-bond donors (Lipinski definition) is 5. The number of nitrogens with zero attached hydrogens (tertiary/aromatic N) is 3. The maximum atomic E-state index is 5.13. The van der Waals surface area contributed by atoms with Crippen molar-refractivity contribution in [3.63, 3.8) is 0 Å². The molecule has 1 heterocycles. The number of anilines is 5. The SMILES string of the molecule is CNc1ccc(N=C2C=C(C)C(NCCCCCCCCNc3cc4c(cc3C)nc3ccc(NC)c(C)c3[n+]4-c3ccccc3)=CC2)c(Nc2ccccc2)c1C. The van der Waals surface area contributed by atoms with Crippen molar-refractivity contribution in [3.05, 3.63) is 137 Å². The highest BCUT2D eigenvalue weighted by molar-refractivity contribution is 6.01. The summed E-state index contributed by atoms with van der Waals surface area (Å²) in [7, 11) is 3.94. The smallest absolute Gasteiger partial charge is 0.242 e. The standard InChI is InChI=1S/C50H58N8/c1-34-31-39(55-44-27-25-42(51-5)36(3)49(44)56-38-19-13-11-14-20-38)23-24-41(34)53-29-17-9-7-8-10-18-30-54-46-33-48-47(32-35(46)2)57-45-28-26-43(52-6)37(4)50(45)58(48)40-21-15-12-16-22-40/h11-16,19-22,24-28,31-33,51,53,56H,7-10,17-18,23,29-30H2,1-6H3,(H,52,54)/p+1. The Hall–Kier alpha value is -6.15. The first-order chi connectivity index (χ1) is 28.3. The van der Waals surface area contributed by atoms with Gasteiger partial charge in [0, 0.05) is 91.5 Å². The van der Waals surface area contributed by atoms with Gasteiger partial charge in [0.15, 0.2) is 0 Å². The summed E-state index contributed by atoms with van der Waals surface area (Å²) in [6, 6.07) is 33.9. The van der Waals surface area contributed by atoms with Gasteiger partial charge < -0.3 is 26.6 Å². The van der Waals surface area contributed by atoms with E-state index in [2.05, 4.69) is 150 Å². The van der Waals surface area contributed by atoms with E-state index in [-0.39, 0.29) is 0 Å². The van der Waals surface area contributed by atoms with Crippen LogP contribution in [0.3, 0.4) is 0 Å². The lowest BCUT2D eigenvalue weighted by Crippen LogP contribution is -2.34. The van der Waals surface area contributed by atoms with Crippen LogP contribution < -0.4 is 31.2 Å². The van der Waals surface area contributed by atoms with Crippen LogP contribution in [-0.2, 0) is 0 Å². The van der Waals surface area contributed by atoms with Gasteiger partial charge in [-0.25, -0.2) is 4.98 Å². The number of hydrogen-bond acceptors (Lipinski definition) is 7. The second kappa shape index (κ2) is 18.9. The summed E-state index contributed by atoms with van der Waals surface area (Å²) < 4.78 is 2.37. The second-order valence-corrected chi connectivity index (χ2v) is 15.4. The minimum absolute atomic E-state index is 0.808. The van der Waals surface area contributed by atoms with Crippen LogP contribution in [0, 0.1) is 20.8 Å². The number of nitrogens with one attached hydrogen (secondary N) is 5. The van der Waals surface area contributed by atoms with E-state index in [4.69, 9.17) is 9.98 Å². The van der Waals surface area contributed by atoms with Crippen LogP contribution in [0.15, 0.2) is 125 Å². The monoisotopic (exact) mass is 771 g/mol. The summed E-state index contributed by atoms with van der Waals surface area (Å²) in [5.41, 5.74) is 18.9. The Labute approximate surface area is 344 Å². The minimum Gasteiger partial charge on any atom is -0.388 e. The summed E-state index contributed by atoms with van der Waals surface area (Å²) in [4.78, 5) is 10.2. The van der Waals surface area contributed by atoms with Crippen LogP contribution in [0.2, 0.25) is 0 Å². The van der Waals surface area contributed by atoms with Crippen LogP contribution in [0.25, 0.3) is 27.8 Å². The average molecular weight is 772 g/mol. The number of rotatable bonds is 17. The number of benzene rings is 5. The highest BCUT2D eigenvalue weighted by Gasteiger charge is 2.24. The third kappa shape index (κ3) is 9.18. The van der Waals surface area contributed by atoms with Gasteiger partial charge in [0.05, 0.1) is 11.4 Å². The third-order valence-electron chi connectivity index (χ3n) is 11.3. The predicted molar refractivity (Wildman–Crippen MR) is 248 cm³/mol. The molecule has 1 aliphatic carbocycles. The Morgan fingerprint density at radius 3 is 2.02 bits per heavy atom. The molecule has 0 saturated heterocycles. The molecule has 58 heavy (non-hydrogen) atoms. The van der Waals surface area contributed by atoms with E-state index >= 15 is 0 Å². The molecule has 298 valence electrons. The zero-order valence-electron chi connectivity index (χ0n) is 35.1. The number of aliphatic imine (C=N–C) groups is 1. The van der Waals surface area contributed by atoms with E-state index in [1.165, 1.54) is 60.2 Å². The van der Waals surface area contributed by atoms with Crippen molar-refractivity contribution in [3.8, 4) is 5.69 Å². The first kappa shape index (κ1) is 40.1. The summed E-state index contributed by atoms with van der Waals surface area (Å²) >= 11 is 0. The lowest BCUT2D eigenvalue weighted by atomic mass is 10.0. The van der Waals surface area contributed by atoms with Gasteiger partial charge in [-0.3, -0.25) is 4.99 Å². The maximum Gasteiger partial charge on any atom is 0.242 e. The normalized spacial score (nSPS) is 13.4. The van der Waals surface area contributed by atoms with E-state index in [0.29, 0.717) is 0 Å². The summed E-state index contributed by atoms with van der Waals surface area (Å²) in [6.45, 7) is 10.6. The van der Waals surface area contributed by atoms with Gasteiger partial charge in [-0.2, -0.15) is 0 Å². The number of allylic oxidation sites excluding steroid dienone is 3. The van der Waals surface area contributed by atoms with Crippen molar-refractivity contribution in [2.24, 2.45) is 4.99 Å². The molecule has 7 rings (SSSR count). The van der Waals surface area contributed by atoms with Gasteiger partial charge in [-0.1, -0.05) is 68.2 Å². The van der Waals surface area contributed by atoms with Crippen molar-refractivity contribution < 1.29 is 4.57 Å². The van der Waals surface area contributed by atoms with Crippen LogP contribution in [0.4, 0.5) is 34.1 Å². The predicted octanol–water partition coefficient (Wildman–Crippen LogP) is 11.8. The van der Waals surface area contributed by atoms with Crippen LogP contribution in [0.5, 0.6) is 0 Å². The fraction of sp³-hybridized carbons (Fsp3) is 0.300. The highest BCUT2D eigenvalue weighted by atomic mass is 15.0. The molecule has 0 fully saturated rings. The Morgan fingerprint density at radius 1 is 0.655 bits per heavy atom. The molecule has 5 aromatic carbocycles. The molecule has 0 radical (unpaired) electrons. The molecular formula is C50H59N8+. The van der Waals surface area contributed by atoms with Crippen molar-refractivity contribution in [2.45, 2.75) is 72.6 Å². The Balaban J connectivity index is 0.875. The van der Waals surface area contributed by atoms with E-state index in [1.54, 1.807) is 0 Å².